The number of amides is 1. The van der Waals surface area contributed by atoms with E-state index in [0.717, 1.165) is 66.6 Å². The Hall–Kier alpha value is -3.50. The topological polar surface area (TPSA) is 119 Å². The van der Waals surface area contributed by atoms with Gasteiger partial charge < -0.3 is 23.9 Å². The van der Waals surface area contributed by atoms with Gasteiger partial charge in [0, 0.05) is 57.5 Å². The molecule has 5 rings (SSSR count). The van der Waals surface area contributed by atoms with Gasteiger partial charge in [0.1, 0.15) is 18.0 Å². The number of nitrogens with zero attached hydrogens (tertiary/aromatic N) is 4. The van der Waals surface area contributed by atoms with Crippen LogP contribution in [0.1, 0.15) is 57.1 Å². The molecule has 2 aliphatic rings. The number of fused-ring (bicyclic) bond motifs is 1. The van der Waals surface area contributed by atoms with Crippen LogP contribution in [-0.4, -0.2) is 67.3 Å². The number of imidazole rings is 1. The molecule has 41 heavy (non-hydrogen) atoms. The Morgan fingerprint density at radius 1 is 1.20 bits per heavy atom. The van der Waals surface area contributed by atoms with E-state index in [1.807, 2.05) is 42.3 Å². The van der Waals surface area contributed by atoms with Crippen LogP contribution in [0.4, 0.5) is 0 Å². The van der Waals surface area contributed by atoms with Gasteiger partial charge in [-0.1, -0.05) is 6.07 Å². The number of likely N-dealkylation sites (tertiary alicyclic amines) is 1. The molecular weight excluding hydrogens is 522 g/mol. The summed E-state index contributed by atoms with van der Waals surface area (Å²) in [5.41, 5.74) is 4.15. The summed E-state index contributed by atoms with van der Waals surface area (Å²) in [5.74, 6) is 0.736. The van der Waals surface area contributed by atoms with Crippen LogP contribution < -0.4 is 10.9 Å². The smallest absolute Gasteiger partial charge is 0.326 e. The number of piperidine rings is 1. The molecule has 0 spiro atoms. The third kappa shape index (κ3) is 6.38. The molecule has 3 atom stereocenters. The Kier molecular flexibility index (Phi) is 8.60. The second kappa shape index (κ2) is 12.2. The molecular formula is C31H41N5O5. The average molecular weight is 564 g/mol. The Bertz CT molecular complexity index is 1460. The van der Waals surface area contributed by atoms with E-state index < -0.39 is 18.1 Å². The number of aliphatic hydroxyl groups is 1. The molecule has 1 saturated carbocycles. The minimum Gasteiger partial charge on any atom is -0.461 e. The van der Waals surface area contributed by atoms with Crippen LogP contribution in [0, 0.1) is 12.8 Å². The maximum absolute atomic E-state index is 12.7. The van der Waals surface area contributed by atoms with Crippen LogP contribution in [0.25, 0.3) is 22.4 Å². The van der Waals surface area contributed by atoms with E-state index in [-0.39, 0.29) is 23.5 Å². The van der Waals surface area contributed by atoms with Crippen molar-refractivity contribution < 1.29 is 19.4 Å². The van der Waals surface area contributed by atoms with E-state index in [1.165, 1.54) is 0 Å². The van der Waals surface area contributed by atoms with Crippen molar-refractivity contribution in [3.63, 3.8) is 0 Å². The lowest BCUT2D eigenvalue weighted by molar-refractivity contribution is -0.158. The van der Waals surface area contributed by atoms with Gasteiger partial charge in [-0.25, -0.2) is 4.98 Å². The van der Waals surface area contributed by atoms with Crippen LogP contribution in [0.3, 0.4) is 0 Å². The maximum atomic E-state index is 12.7. The van der Waals surface area contributed by atoms with Gasteiger partial charge in [0.15, 0.2) is 0 Å². The molecule has 1 aliphatic carbocycles. The average Bonchev–Trinajstić information content (AvgIpc) is 3.26. The molecule has 2 fully saturated rings. The minimum absolute atomic E-state index is 0.0438. The highest BCUT2D eigenvalue weighted by Crippen LogP contribution is 2.29. The Morgan fingerprint density at radius 2 is 1.98 bits per heavy atom. The summed E-state index contributed by atoms with van der Waals surface area (Å²) in [7, 11) is 1.75. The number of aliphatic hydroxyl groups excluding tert-OH is 1. The lowest BCUT2D eigenvalue weighted by Crippen LogP contribution is -2.47. The fourth-order valence-electron chi connectivity index (χ4n) is 5.85. The van der Waals surface area contributed by atoms with Crippen molar-refractivity contribution in [3.05, 3.63) is 51.9 Å². The van der Waals surface area contributed by atoms with E-state index in [4.69, 9.17) is 9.72 Å². The molecule has 10 heteroatoms. The number of benzene rings is 1. The van der Waals surface area contributed by atoms with Gasteiger partial charge in [-0.2, -0.15) is 0 Å². The summed E-state index contributed by atoms with van der Waals surface area (Å²) in [4.78, 5) is 44.1. The SMILES string of the molecule is CC(=O)N1CCC[C@H](Cn2c(-c3cc(C)c(=O)n(C)c3)nc3cc(CN[C@H](C(=O)OC4CCC4)[C@@H](C)O)ccc32)C1. The van der Waals surface area contributed by atoms with Gasteiger partial charge >= 0.3 is 5.97 Å². The van der Waals surface area contributed by atoms with E-state index in [1.54, 1.807) is 25.5 Å². The number of nitrogens with one attached hydrogen (secondary N) is 1. The quantitative estimate of drug-likeness (QED) is 0.384. The Morgan fingerprint density at radius 3 is 2.63 bits per heavy atom. The van der Waals surface area contributed by atoms with Crippen molar-refractivity contribution in [3.8, 4) is 11.4 Å². The summed E-state index contributed by atoms with van der Waals surface area (Å²) >= 11 is 0. The van der Waals surface area contributed by atoms with Gasteiger partial charge in [-0.15, -0.1) is 0 Å². The number of carbonyl (C=O) groups is 2. The highest BCUT2D eigenvalue weighted by atomic mass is 16.5. The van der Waals surface area contributed by atoms with E-state index in [0.29, 0.717) is 25.2 Å². The van der Waals surface area contributed by atoms with Gasteiger partial charge in [0.05, 0.1) is 17.1 Å². The monoisotopic (exact) mass is 563 g/mol. The molecule has 3 heterocycles. The number of rotatable bonds is 9. The van der Waals surface area contributed by atoms with Crippen LogP contribution in [0.5, 0.6) is 0 Å². The standard InChI is InChI=1S/C31H41N5O5/c1-19-13-24(18-34(4)30(19)39)29-33-26-14-22(15-32-28(20(2)37)31(40)41-25-8-5-9-25)10-11-27(26)36(29)17-23-7-6-12-35(16-23)21(3)38/h10-11,13-14,18,20,23,25,28,32,37H,5-9,12,15-17H2,1-4H3/t20-,23+,28+/m1/s1. The number of carbonyl (C=O) groups excluding carboxylic acids is 2. The largest absolute Gasteiger partial charge is 0.461 e. The summed E-state index contributed by atoms with van der Waals surface area (Å²) in [6.45, 7) is 7.59. The lowest BCUT2D eigenvalue weighted by Gasteiger charge is -2.32. The third-order valence-electron chi connectivity index (χ3n) is 8.44. The molecule has 0 bridgehead atoms. The van der Waals surface area contributed by atoms with Crippen molar-refractivity contribution in [2.75, 3.05) is 13.1 Å². The number of hydrogen-bond acceptors (Lipinski definition) is 7. The van der Waals surface area contributed by atoms with E-state index >= 15 is 0 Å². The molecule has 1 aliphatic heterocycles. The number of pyridine rings is 1. The van der Waals surface area contributed by atoms with Gasteiger partial charge in [0.25, 0.3) is 5.56 Å². The third-order valence-corrected chi connectivity index (χ3v) is 8.44. The Labute approximate surface area is 240 Å². The summed E-state index contributed by atoms with van der Waals surface area (Å²) in [5, 5.41) is 13.4. The molecule has 0 unspecified atom stereocenters. The number of aromatic nitrogens is 3. The zero-order valence-electron chi connectivity index (χ0n) is 24.4. The molecule has 2 N–H and O–H groups in total. The van der Waals surface area contributed by atoms with Gasteiger partial charge in [-0.05, 0) is 75.6 Å². The molecule has 2 aromatic heterocycles. The van der Waals surface area contributed by atoms with Crippen LogP contribution in [0.15, 0.2) is 35.3 Å². The molecule has 1 aromatic carbocycles. The van der Waals surface area contributed by atoms with Crippen LogP contribution >= 0.6 is 0 Å². The fraction of sp³-hybridized carbons (Fsp3) is 0.548. The van der Waals surface area contributed by atoms with Crippen molar-refractivity contribution in [1.82, 2.24) is 24.3 Å². The van der Waals surface area contributed by atoms with Crippen molar-refractivity contribution in [1.29, 1.82) is 0 Å². The summed E-state index contributed by atoms with van der Waals surface area (Å²) < 4.78 is 9.32. The minimum atomic E-state index is -0.893. The highest BCUT2D eigenvalue weighted by molar-refractivity contribution is 5.81. The predicted molar refractivity (Wildman–Crippen MR) is 156 cm³/mol. The number of ether oxygens (including phenoxy) is 1. The molecule has 0 radical (unpaired) electrons. The van der Waals surface area contributed by atoms with Gasteiger partial charge in [0.2, 0.25) is 5.91 Å². The summed E-state index contributed by atoms with van der Waals surface area (Å²) in [6, 6.07) is 7.10. The maximum Gasteiger partial charge on any atom is 0.326 e. The Balaban J connectivity index is 1.44. The van der Waals surface area contributed by atoms with Crippen molar-refractivity contribution in [2.24, 2.45) is 13.0 Å². The molecule has 220 valence electrons. The number of hydrogen-bond donors (Lipinski definition) is 2. The van der Waals surface area contributed by atoms with E-state index in [9.17, 15) is 19.5 Å². The zero-order valence-corrected chi connectivity index (χ0v) is 24.4. The van der Waals surface area contributed by atoms with Crippen LogP contribution in [0.2, 0.25) is 0 Å². The van der Waals surface area contributed by atoms with E-state index in [2.05, 4.69) is 9.88 Å². The lowest BCUT2D eigenvalue weighted by atomic mass is 9.96. The predicted octanol–water partition coefficient (Wildman–Crippen LogP) is 2.90. The highest BCUT2D eigenvalue weighted by Gasteiger charge is 2.30. The molecule has 10 nitrogen and oxygen atoms in total. The molecule has 1 amide bonds. The first-order chi connectivity index (χ1) is 19.6. The fourth-order valence-corrected chi connectivity index (χ4v) is 5.85. The zero-order chi connectivity index (χ0) is 29.3. The second-order valence-electron chi connectivity index (χ2n) is 11.8. The number of esters is 1. The van der Waals surface area contributed by atoms with Crippen LogP contribution in [-0.2, 0) is 34.5 Å². The second-order valence-corrected chi connectivity index (χ2v) is 11.8. The summed E-state index contributed by atoms with van der Waals surface area (Å²) in [6.07, 6.45) is 5.69. The number of aryl methyl sites for hydroxylation is 2. The van der Waals surface area contributed by atoms with Crippen molar-refractivity contribution >= 4 is 22.9 Å². The van der Waals surface area contributed by atoms with Crippen molar-refractivity contribution in [2.45, 2.75) is 84.2 Å². The first-order valence-electron chi connectivity index (χ1n) is 14.6. The first-order valence-corrected chi connectivity index (χ1v) is 14.6. The van der Waals surface area contributed by atoms with Gasteiger partial charge in [-0.3, -0.25) is 19.7 Å². The normalized spacial score (nSPS) is 19.1. The molecule has 3 aromatic rings. The molecule has 1 saturated heterocycles. The first kappa shape index (κ1) is 29.0.